The van der Waals surface area contributed by atoms with Gasteiger partial charge in [0.05, 0.1) is 0 Å². The Bertz CT molecular complexity index is 172. The van der Waals surface area contributed by atoms with E-state index in [1.165, 1.54) is 70.1 Å². The number of hydrogen-bond donors (Lipinski definition) is 1. The monoisotopic (exact) mass is 257 g/mol. The quantitative estimate of drug-likeness (QED) is 0.574. The highest BCUT2D eigenvalue weighted by atomic mass is 32.2. The average molecular weight is 257 g/mol. The Hall–Kier alpha value is 0.310. The molecule has 17 heavy (non-hydrogen) atoms. The van der Waals surface area contributed by atoms with Crippen LogP contribution >= 0.6 is 11.8 Å². The minimum Gasteiger partial charge on any atom is -0.313 e. The van der Waals surface area contributed by atoms with Crippen LogP contribution in [0.25, 0.3) is 0 Å². The molecule has 2 atom stereocenters. The van der Waals surface area contributed by atoms with Crippen molar-refractivity contribution in [1.29, 1.82) is 0 Å². The Morgan fingerprint density at radius 2 is 1.65 bits per heavy atom. The van der Waals surface area contributed by atoms with Gasteiger partial charge in [0.2, 0.25) is 0 Å². The van der Waals surface area contributed by atoms with Gasteiger partial charge in [-0.15, -0.1) is 0 Å². The standard InChI is InChI=1S/C15H31NS/c1-3-4-5-6-7-8-9-10-11-16-15-12-14(2)17-13-15/h14-16H,3-13H2,1-2H3. The Kier molecular flexibility index (Phi) is 9.27. The van der Waals surface area contributed by atoms with Crippen LogP contribution in [0.2, 0.25) is 0 Å². The van der Waals surface area contributed by atoms with Crippen molar-refractivity contribution in [2.45, 2.75) is 82.9 Å². The van der Waals surface area contributed by atoms with Crippen molar-refractivity contribution in [2.75, 3.05) is 12.3 Å². The molecular weight excluding hydrogens is 226 g/mol. The third kappa shape index (κ3) is 8.10. The Morgan fingerprint density at radius 1 is 1.00 bits per heavy atom. The molecular formula is C15H31NS. The summed E-state index contributed by atoms with van der Waals surface area (Å²) in [5, 5.41) is 4.58. The maximum absolute atomic E-state index is 3.70. The van der Waals surface area contributed by atoms with Gasteiger partial charge in [0.1, 0.15) is 0 Å². The van der Waals surface area contributed by atoms with Crippen LogP contribution in [0.15, 0.2) is 0 Å². The fourth-order valence-electron chi connectivity index (χ4n) is 2.52. The maximum Gasteiger partial charge on any atom is 0.0168 e. The normalized spacial score (nSPS) is 24.4. The molecule has 1 nitrogen and oxygen atoms in total. The predicted octanol–water partition coefficient (Wildman–Crippen LogP) is 4.61. The minimum atomic E-state index is 0.805. The van der Waals surface area contributed by atoms with Gasteiger partial charge in [-0.25, -0.2) is 0 Å². The fourth-order valence-corrected chi connectivity index (χ4v) is 3.71. The molecule has 0 aromatic carbocycles. The van der Waals surface area contributed by atoms with Gasteiger partial charge in [-0.3, -0.25) is 0 Å². The Balaban J connectivity index is 1.75. The highest BCUT2D eigenvalue weighted by Crippen LogP contribution is 2.25. The summed E-state index contributed by atoms with van der Waals surface area (Å²) in [6.07, 6.45) is 12.8. The van der Waals surface area contributed by atoms with Crippen molar-refractivity contribution in [3.63, 3.8) is 0 Å². The number of thioether (sulfide) groups is 1. The summed E-state index contributed by atoms with van der Waals surface area (Å²) >= 11 is 2.12. The smallest absolute Gasteiger partial charge is 0.0168 e. The van der Waals surface area contributed by atoms with E-state index >= 15 is 0 Å². The van der Waals surface area contributed by atoms with Crippen molar-refractivity contribution in [1.82, 2.24) is 5.32 Å². The largest absolute Gasteiger partial charge is 0.313 e. The van der Waals surface area contributed by atoms with Crippen LogP contribution in [0.4, 0.5) is 0 Å². The molecule has 1 N–H and O–H groups in total. The highest BCUT2D eigenvalue weighted by molar-refractivity contribution is 8.00. The molecule has 0 aromatic rings. The molecule has 0 saturated carbocycles. The number of nitrogens with one attached hydrogen (secondary N) is 1. The molecule has 102 valence electrons. The van der Waals surface area contributed by atoms with Gasteiger partial charge in [-0.2, -0.15) is 11.8 Å². The first-order valence-corrected chi connectivity index (χ1v) is 8.72. The average Bonchev–Trinajstić information content (AvgIpc) is 2.73. The van der Waals surface area contributed by atoms with E-state index in [0.29, 0.717) is 0 Å². The van der Waals surface area contributed by atoms with E-state index in [-0.39, 0.29) is 0 Å². The Labute approximate surface area is 113 Å². The molecule has 0 bridgehead atoms. The van der Waals surface area contributed by atoms with Crippen LogP contribution in [-0.4, -0.2) is 23.6 Å². The molecule has 2 heteroatoms. The molecule has 0 radical (unpaired) electrons. The summed E-state index contributed by atoms with van der Waals surface area (Å²) in [6.45, 7) is 5.88. The zero-order chi connectivity index (χ0) is 12.3. The summed E-state index contributed by atoms with van der Waals surface area (Å²) in [5.41, 5.74) is 0. The van der Waals surface area contributed by atoms with Gasteiger partial charge >= 0.3 is 0 Å². The second-order valence-corrected chi connectivity index (χ2v) is 6.98. The SMILES string of the molecule is CCCCCCCCCCNC1CSC(C)C1. The van der Waals surface area contributed by atoms with Crippen molar-refractivity contribution in [3.8, 4) is 0 Å². The molecule has 0 spiro atoms. The van der Waals surface area contributed by atoms with Crippen LogP contribution in [0, 0.1) is 0 Å². The van der Waals surface area contributed by atoms with Crippen molar-refractivity contribution < 1.29 is 0 Å². The molecule has 0 aromatic heterocycles. The van der Waals surface area contributed by atoms with Crippen molar-refractivity contribution >= 4 is 11.8 Å². The maximum atomic E-state index is 3.70. The predicted molar refractivity (Wildman–Crippen MR) is 80.9 cm³/mol. The van der Waals surface area contributed by atoms with Crippen molar-refractivity contribution in [2.24, 2.45) is 0 Å². The van der Waals surface area contributed by atoms with Gasteiger partial charge in [-0.05, 0) is 19.4 Å². The second-order valence-electron chi connectivity index (χ2n) is 5.51. The molecule has 0 aliphatic carbocycles. The van der Waals surface area contributed by atoms with E-state index < -0.39 is 0 Å². The van der Waals surface area contributed by atoms with Crippen LogP contribution in [0.1, 0.15) is 71.6 Å². The zero-order valence-corrected chi connectivity index (χ0v) is 12.7. The molecule has 0 amide bonds. The van der Waals surface area contributed by atoms with Gasteiger partial charge in [0.15, 0.2) is 0 Å². The molecule has 2 unspecified atom stereocenters. The third-order valence-electron chi connectivity index (χ3n) is 3.66. The molecule has 1 rings (SSSR count). The van der Waals surface area contributed by atoms with Crippen LogP contribution < -0.4 is 5.32 Å². The molecule has 1 aliphatic rings. The lowest BCUT2D eigenvalue weighted by Crippen LogP contribution is -2.29. The zero-order valence-electron chi connectivity index (χ0n) is 11.8. The summed E-state index contributed by atoms with van der Waals surface area (Å²) in [5.74, 6) is 1.33. The first-order chi connectivity index (χ1) is 8.33. The molecule has 1 fully saturated rings. The first-order valence-electron chi connectivity index (χ1n) is 7.68. The van der Waals surface area contributed by atoms with Gasteiger partial charge < -0.3 is 5.32 Å². The number of hydrogen-bond acceptors (Lipinski definition) is 2. The van der Waals surface area contributed by atoms with Crippen LogP contribution in [0.3, 0.4) is 0 Å². The van der Waals surface area contributed by atoms with Crippen molar-refractivity contribution in [3.05, 3.63) is 0 Å². The fraction of sp³-hybridized carbons (Fsp3) is 1.00. The van der Waals surface area contributed by atoms with Crippen LogP contribution in [-0.2, 0) is 0 Å². The lowest BCUT2D eigenvalue weighted by Gasteiger charge is -2.11. The summed E-state index contributed by atoms with van der Waals surface area (Å²) in [7, 11) is 0. The molecule has 1 heterocycles. The van der Waals surface area contributed by atoms with E-state index in [1.807, 2.05) is 0 Å². The lowest BCUT2D eigenvalue weighted by molar-refractivity contribution is 0.505. The van der Waals surface area contributed by atoms with Gasteiger partial charge in [0.25, 0.3) is 0 Å². The molecule has 1 aliphatic heterocycles. The molecule has 1 saturated heterocycles. The summed E-state index contributed by atoms with van der Waals surface area (Å²) in [4.78, 5) is 0. The van der Waals surface area contributed by atoms with E-state index in [4.69, 9.17) is 0 Å². The van der Waals surface area contributed by atoms with E-state index in [9.17, 15) is 0 Å². The van der Waals surface area contributed by atoms with E-state index in [1.54, 1.807) is 0 Å². The van der Waals surface area contributed by atoms with E-state index in [2.05, 4.69) is 30.9 Å². The lowest BCUT2D eigenvalue weighted by atomic mass is 10.1. The number of rotatable bonds is 10. The van der Waals surface area contributed by atoms with Crippen LogP contribution in [0.5, 0.6) is 0 Å². The Morgan fingerprint density at radius 3 is 2.24 bits per heavy atom. The topological polar surface area (TPSA) is 12.0 Å². The minimum absolute atomic E-state index is 0.805. The second kappa shape index (κ2) is 10.3. The number of unbranched alkanes of at least 4 members (excludes halogenated alkanes) is 7. The highest BCUT2D eigenvalue weighted by Gasteiger charge is 2.20. The summed E-state index contributed by atoms with van der Waals surface area (Å²) < 4.78 is 0. The third-order valence-corrected chi connectivity index (χ3v) is 5.02. The van der Waals surface area contributed by atoms with Gasteiger partial charge in [-0.1, -0.05) is 58.8 Å². The van der Waals surface area contributed by atoms with Gasteiger partial charge in [0, 0.05) is 17.0 Å². The van der Waals surface area contributed by atoms with E-state index in [0.717, 1.165) is 11.3 Å². The first kappa shape index (κ1) is 15.4. The summed E-state index contributed by atoms with van der Waals surface area (Å²) in [6, 6.07) is 0.805.